The standard InChI is InChI=1S/C12H14N2O4/c1-9(15)18-8-11(14-17)13-12(16)7-10-5-3-2-4-6-10/h2-6,17H,7-8H2,1H3,(H,13,14,16). The van der Waals surface area contributed by atoms with Gasteiger partial charge in [0.1, 0.15) is 0 Å². The molecule has 6 heteroatoms. The molecule has 1 aromatic rings. The van der Waals surface area contributed by atoms with Gasteiger partial charge in [0.15, 0.2) is 12.4 Å². The Morgan fingerprint density at radius 1 is 1.33 bits per heavy atom. The molecule has 96 valence electrons. The van der Waals surface area contributed by atoms with Gasteiger partial charge in [-0.25, -0.2) is 0 Å². The Morgan fingerprint density at radius 2 is 2.00 bits per heavy atom. The number of carbonyl (C=O) groups is 2. The van der Waals surface area contributed by atoms with Crippen LogP contribution in [0.25, 0.3) is 0 Å². The first-order valence-electron chi connectivity index (χ1n) is 5.30. The van der Waals surface area contributed by atoms with E-state index in [4.69, 9.17) is 5.21 Å². The molecular formula is C12H14N2O4. The molecule has 0 saturated carbocycles. The van der Waals surface area contributed by atoms with Crippen molar-refractivity contribution in [3.8, 4) is 0 Å². The Kier molecular flexibility index (Phi) is 5.37. The van der Waals surface area contributed by atoms with Gasteiger partial charge in [-0.3, -0.25) is 9.59 Å². The lowest BCUT2D eigenvalue weighted by Gasteiger charge is -2.07. The minimum atomic E-state index is -0.520. The lowest BCUT2D eigenvalue weighted by molar-refractivity contribution is -0.139. The highest BCUT2D eigenvalue weighted by molar-refractivity contribution is 5.99. The van der Waals surface area contributed by atoms with E-state index in [1.165, 1.54) is 6.92 Å². The Bertz CT molecular complexity index is 443. The summed E-state index contributed by atoms with van der Waals surface area (Å²) in [4.78, 5) is 22.2. The van der Waals surface area contributed by atoms with E-state index in [0.29, 0.717) is 0 Å². The smallest absolute Gasteiger partial charge is 0.303 e. The Balaban J connectivity index is 2.45. The minimum absolute atomic E-state index is 0.105. The molecule has 0 unspecified atom stereocenters. The Labute approximate surface area is 104 Å². The highest BCUT2D eigenvalue weighted by atomic mass is 16.5. The molecule has 0 aliphatic heterocycles. The van der Waals surface area contributed by atoms with E-state index in [-0.39, 0.29) is 24.8 Å². The molecule has 1 rings (SSSR count). The van der Waals surface area contributed by atoms with Crippen LogP contribution < -0.4 is 5.32 Å². The molecule has 0 spiro atoms. The van der Waals surface area contributed by atoms with Crippen LogP contribution in [0.2, 0.25) is 0 Å². The van der Waals surface area contributed by atoms with Crippen molar-refractivity contribution >= 4 is 17.7 Å². The molecule has 0 heterocycles. The summed E-state index contributed by atoms with van der Waals surface area (Å²) in [6.07, 6.45) is 0.153. The number of benzene rings is 1. The van der Waals surface area contributed by atoms with Gasteiger partial charge in [0, 0.05) is 6.92 Å². The summed E-state index contributed by atoms with van der Waals surface area (Å²) in [5, 5.41) is 13.8. The van der Waals surface area contributed by atoms with Crippen molar-refractivity contribution in [2.45, 2.75) is 13.3 Å². The number of oxime groups is 1. The van der Waals surface area contributed by atoms with Crippen LogP contribution in [0.3, 0.4) is 0 Å². The number of nitrogens with zero attached hydrogens (tertiary/aromatic N) is 1. The lowest BCUT2D eigenvalue weighted by Crippen LogP contribution is -2.35. The summed E-state index contributed by atoms with van der Waals surface area (Å²) in [5.41, 5.74) is 0.833. The second-order valence-electron chi connectivity index (χ2n) is 3.54. The molecule has 1 amide bonds. The van der Waals surface area contributed by atoms with E-state index >= 15 is 0 Å². The molecular weight excluding hydrogens is 236 g/mol. The maximum absolute atomic E-state index is 11.6. The van der Waals surface area contributed by atoms with Crippen LogP contribution in [-0.4, -0.2) is 29.5 Å². The van der Waals surface area contributed by atoms with Gasteiger partial charge in [-0.05, 0) is 5.56 Å². The molecule has 0 aliphatic carbocycles. The highest BCUT2D eigenvalue weighted by Crippen LogP contribution is 1.99. The summed E-state index contributed by atoms with van der Waals surface area (Å²) in [6, 6.07) is 9.11. The molecule has 0 aliphatic rings. The van der Waals surface area contributed by atoms with Crippen LogP contribution in [0.1, 0.15) is 12.5 Å². The van der Waals surface area contributed by atoms with Crippen LogP contribution in [0.5, 0.6) is 0 Å². The molecule has 6 nitrogen and oxygen atoms in total. The van der Waals surface area contributed by atoms with Gasteiger partial charge in [0.25, 0.3) is 0 Å². The number of carbonyl (C=O) groups excluding carboxylic acids is 2. The van der Waals surface area contributed by atoms with E-state index < -0.39 is 5.97 Å². The number of ether oxygens (including phenoxy) is 1. The van der Waals surface area contributed by atoms with E-state index in [1.807, 2.05) is 18.2 Å². The van der Waals surface area contributed by atoms with Crippen LogP contribution >= 0.6 is 0 Å². The van der Waals surface area contributed by atoms with Crippen molar-refractivity contribution in [3.63, 3.8) is 0 Å². The van der Waals surface area contributed by atoms with Crippen LogP contribution in [0.4, 0.5) is 0 Å². The molecule has 0 aromatic heterocycles. The van der Waals surface area contributed by atoms with Gasteiger partial charge in [-0.1, -0.05) is 35.5 Å². The second kappa shape index (κ2) is 7.05. The predicted molar refractivity (Wildman–Crippen MR) is 64.1 cm³/mol. The number of esters is 1. The van der Waals surface area contributed by atoms with Gasteiger partial charge in [-0.15, -0.1) is 0 Å². The number of amides is 1. The third-order valence-corrected chi connectivity index (χ3v) is 2.02. The Hall–Kier alpha value is -2.37. The normalized spacial score (nSPS) is 10.8. The van der Waals surface area contributed by atoms with Gasteiger partial charge in [0.2, 0.25) is 5.91 Å². The van der Waals surface area contributed by atoms with E-state index in [1.54, 1.807) is 12.1 Å². The van der Waals surface area contributed by atoms with Gasteiger partial charge in [0.05, 0.1) is 6.42 Å². The van der Waals surface area contributed by atoms with Crippen molar-refractivity contribution in [2.24, 2.45) is 5.16 Å². The summed E-state index contributed by atoms with van der Waals surface area (Å²) in [7, 11) is 0. The summed E-state index contributed by atoms with van der Waals surface area (Å²) < 4.78 is 4.60. The minimum Gasteiger partial charge on any atom is -0.458 e. The maximum atomic E-state index is 11.6. The lowest BCUT2D eigenvalue weighted by atomic mass is 10.1. The zero-order chi connectivity index (χ0) is 13.4. The molecule has 0 fully saturated rings. The molecule has 0 bridgehead atoms. The van der Waals surface area contributed by atoms with E-state index in [9.17, 15) is 9.59 Å². The Morgan fingerprint density at radius 3 is 2.56 bits per heavy atom. The number of amidine groups is 1. The van der Waals surface area contributed by atoms with Crippen molar-refractivity contribution < 1.29 is 19.5 Å². The number of nitrogens with one attached hydrogen (secondary N) is 1. The van der Waals surface area contributed by atoms with Crippen LogP contribution in [-0.2, 0) is 20.7 Å². The molecule has 0 radical (unpaired) electrons. The first-order chi connectivity index (χ1) is 8.61. The second-order valence-corrected chi connectivity index (χ2v) is 3.54. The van der Waals surface area contributed by atoms with Crippen LogP contribution in [0.15, 0.2) is 35.5 Å². The predicted octanol–water partition coefficient (Wildman–Crippen LogP) is 0.696. The summed E-state index contributed by atoms with van der Waals surface area (Å²) in [5.74, 6) is -0.972. The fourth-order valence-corrected chi connectivity index (χ4v) is 1.25. The number of hydrogen-bond acceptors (Lipinski definition) is 5. The molecule has 2 N–H and O–H groups in total. The number of hydrogen-bond donors (Lipinski definition) is 2. The zero-order valence-electron chi connectivity index (χ0n) is 9.92. The fourth-order valence-electron chi connectivity index (χ4n) is 1.25. The first kappa shape index (κ1) is 13.7. The fraction of sp³-hybridized carbons (Fsp3) is 0.250. The maximum Gasteiger partial charge on any atom is 0.303 e. The number of rotatable bonds is 4. The monoisotopic (exact) mass is 250 g/mol. The average molecular weight is 250 g/mol. The topological polar surface area (TPSA) is 88.0 Å². The van der Waals surface area contributed by atoms with Crippen molar-refractivity contribution in [3.05, 3.63) is 35.9 Å². The third-order valence-electron chi connectivity index (χ3n) is 2.02. The third kappa shape index (κ3) is 5.11. The van der Waals surface area contributed by atoms with E-state index in [0.717, 1.165) is 5.56 Å². The SMILES string of the molecule is CC(=O)OC/C(=N\O)NC(=O)Cc1ccccc1. The van der Waals surface area contributed by atoms with Crippen LogP contribution in [0, 0.1) is 0 Å². The zero-order valence-corrected chi connectivity index (χ0v) is 9.92. The van der Waals surface area contributed by atoms with Crippen molar-refractivity contribution in [1.82, 2.24) is 5.32 Å². The molecule has 0 atom stereocenters. The molecule has 18 heavy (non-hydrogen) atoms. The average Bonchev–Trinajstić information content (AvgIpc) is 2.35. The van der Waals surface area contributed by atoms with Crippen molar-refractivity contribution in [2.75, 3.05) is 6.61 Å². The van der Waals surface area contributed by atoms with Crippen molar-refractivity contribution in [1.29, 1.82) is 0 Å². The van der Waals surface area contributed by atoms with Gasteiger partial charge < -0.3 is 15.3 Å². The molecule has 0 saturated heterocycles. The van der Waals surface area contributed by atoms with Gasteiger partial charge >= 0.3 is 5.97 Å². The first-order valence-corrected chi connectivity index (χ1v) is 5.30. The largest absolute Gasteiger partial charge is 0.458 e. The van der Waals surface area contributed by atoms with E-state index in [2.05, 4.69) is 15.2 Å². The summed E-state index contributed by atoms with van der Waals surface area (Å²) in [6.45, 7) is 0.952. The quantitative estimate of drug-likeness (QED) is 0.270. The molecule has 1 aromatic carbocycles. The summed E-state index contributed by atoms with van der Waals surface area (Å²) >= 11 is 0. The van der Waals surface area contributed by atoms with Gasteiger partial charge in [-0.2, -0.15) is 0 Å². The highest BCUT2D eigenvalue weighted by Gasteiger charge is 2.09.